The van der Waals surface area contributed by atoms with E-state index in [0.29, 0.717) is 11.8 Å². The van der Waals surface area contributed by atoms with Crippen LogP contribution in [-0.2, 0) is 6.54 Å². The standard InChI is InChI=1S/C17H24N2O2/c1-12(2)6-8-18-17(20)15-10-16-14(7-9-21-16)19(15)11-13-4-3-5-13/h7,9-10,12-13H,3-6,8,11H2,1-2H3,(H,18,20). The van der Waals surface area contributed by atoms with Crippen molar-refractivity contribution in [3.63, 3.8) is 0 Å². The second-order valence-electron chi connectivity index (χ2n) is 6.55. The largest absolute Gasteiger partial charge is 0.463 e. The Hall–Kier alpha value is -1.71. The number of aromatic nitrogens is 1. The van der Waals surface area contributed by atoms with Crippen LogP contribution in [0.4, 0.5) is 0 Å². The van der Waals surface area contributed by atoms with Gasteiger partial charge in [0.05, 0.1) is 11.8 Å². The molecule has 21 heavy (non-hydrogen) atoms. The molecule has 1 fully saturated rings. The molecular formula is C17H24N2O2. The Kier molecular flexibility index (Phi) is 4.04. The summed E-state index contributed by atoms with van der Waals surface area (Å²) in [5.74, 6) is 1.32. The van der Waals surface area contributed by atoms with E-state index >= 15 is 0 Å². The first kappa shape index (κ1) is 14.2. The average Bonchev–Trinajstić information content (AvgIpc) is 2.94. The smallest absolute Gasteiger partial charge is 0.268 e. The zero-order valence-corrected chi connectivity index (χ0v) is 12.9. The Balaban J connectivity index is 1.77. The minimum atomic E-state index is 0.0152. The van der Waals surface area contributed by atoms with Gasteiger partial charge in [0.2, 0.25) is 0 Å². The second kappa shape index (κ2) is 5.96. The van der Waals surface area contributed by atoms with Crippen LogP contribution in [0.5, 0.6) is 0 Å². The van der Waals surface area contributed by atoms with Gasteiger partial charge in [-0.25, -0.2) is 0 Å². The van der Waals surface area contributed by atoms with Crippen molar-refractivity contribution < 1.29 is 9.21 Å². The van der Waals surface area contributed by atoms with Gasteiger partial charge in [-0.05, 0) is 31.1 Å². The summed E-state index contributed by atoms with van der Waals surface area (Å²) in [6.45, 7) is 5.99. The Morgan fingerprint density at radius 2 is 2.29 bits per heavy atom. The highest BCUT2D eigenvalue weighted by Gasteiger charge is 2.23. The molecule has 4 nitrogen and oxygen atoms in total. The van der Waals surface area contributed by atoms with Crippen molar-refractivity contribution in [1.29, 1.82) is 0 Å². The predicted octanol–water partition coefficient (Wildman–Crippen LogP) is 3.81. The number of rotatable bonds is 6. The molecular weight excluding hydrogens is 264 g/mol. The van der Waals surface area contributed by atoms with Gasteiger partial charge in [-0.1, -0.05) is 20.3 Å². The molecule has 2 heterocycles. The quantitative estimate of drug-likeness (QED) is 0.878. The van der Waals surface area contributed by atoms with Gasteiger partial charge >= 0.3 is 0 Å². The van der Waals surface area contributed by atoms with Crippen molar-refractivity contribution in [2.45, 2.75) is 46.1 Å². The van der Waals surface area contributed by atoms with Crippen LogP contribution in [0, 0.1) is 11.8 Å². The van der Waals surface area contributed by atoms with E-state index in [9.17, 15) is 4.79 Å². The fraction of sp³-hybridized carbons (Fsp3) is 0.588. The number of carbonyl (C=O) groups excluding carboxylic acids is 1. The van der Waals surface area contributed by atoms with Crippen LogP contribution in [0.1, 0.15) is 50.0 Å². The Bertz CT molecular complexity index is 620. The van der Waals surface area contributed by atoms with E-state index in [1.807, 2.05) is 12.1 Å². The summed E-state index contributed by atoms with van der Waals surface area (Å²) in [5.41, 5.74) is 2.58. The molecule has 1 aliphatic rings. The molecule has 0 saturated heterocycles. The van der Waals surface area contributed by atoms with Crippen molar-refractivity contribution in [3.8, 4) is 0 Å². The van der Waals surface area contributed by atoms with Gasteiger partial charge < -0.3 is 14.3 Å². The maximum atomic E-state index is 12.4. The number of furan rings is 1. The molecule has 0 bridgehead atoms. The van der Waals surface area contributed by atoms with E-state index in [1.165, 1.54) is 19.3 Å². The Morgan fingerprint density at radius 3 is 2.95 bits per heavy atom. The third-order valence-corrected chi connectivity index (χ3v) is 4.43. The van der Waals surface area contributed by atoms with Crippen LogP contribution >= 0.6 is 0 Å². The molecule has 0 radical (unpaired) electrons. The van der Waals surface area contributed by atoms with Crippen molar-refractivity contribution in [1.82, 2.24) is 9.88 Å². The molecule has 1 aliphatic carbocycles. The molecule has 0 spiro atoms. The number of nitrogens with one attached hydrogen (secondary N) is 1. The van der Waals surface area contributed by atoms with E-state index < -0.39 is 0 Å². The minimum Gasteiger partial charge on any atom is -0.463 e. The zero-order chi connectivity index (χ0) is 14.8. The fourth-order valence-corrected chi connectivity index (χ4v) is 2.86. The highest BCUT2D eigenvalue weighted by Crippen LogP contribution is 2.31. The molecule has 1 N–H and O–H groups in total. The maximum absolute atomic E-state index is 12.4. The fourth-order valence-electron chi connectivity index (χ4n) is 2.86. The van der Waals surface area contributed by atoms with Crippen LogP contribution in [0.2, 0.25) is 0 Å². The summed E-state index contributed by atoms with van der Waals surface area (Å²) in [6.07, 6.45) is 6.56. The molecule has 2 aromatic rings. The highest BCUT2D eigenvalue weighted by molar-refractivity contribution is 5.97. The van der Waals surface area contributed by atoms with E-state index in [-0.39, 0.29) is 5.91 Å². The van der Waals surface area contributed by atoms with Crippen molar-refractivity contribution >= 4 is 17.0 Å². The summed E-state index contributed by atoms with van der Waals surface area (Å²) in [4.78, 5) is 12.4. The third-order valence-electron chi connectivity index (χ3n) is 4.43. The Morgan fingerprint density at radius 1 is 1.48 bits per heavy atom. The van der Waals surface area contributed by atoms with Crippen LogP contribution < -0.4 is 5.32 Å². The molecule has 3 rings (SSSR count). The summed E-state index contributed by atoms with van der Waals surface area (Å²) < 4.78 is 7.60. The number of fused-ring (bicyclic) bond motifs is 1. The predicted molar refractivity (Wildman–Crippen MR) is 83.3 cm³/mol. The van der Waals surface area contributed by atoms with Crippen LogP contribution in [0.15, 0.2) is 22.8 Å². The second-order valence-corrected chi connectivity index (χ2v) is 6.55. The van der Waals surface area contributed by atoms with Crippen molar-refractivity contribution in [2.75, 3.05) is 6.54 Å². The lowest BCUT2D eigenvalue weighted by atomic mass is 9.85. The number of amides is 1. The first-order valence-corrected chi connectivity index (χ1v) is 8.00. The van der Waals surface area contributed by atoms with Gasteiger partial charge in [-0.3, -0.25) is 4.79 Å². The molecule has 114 valence electrons. The topological polar surface area (TPSA) is 47.2 Å². The first-order chi connectivity index (χ1) is 10.1. The average molecular weight is 288 g/mol. The summed E-state index contributed by atoms with van der Waals surface area (Å²) >= 11 is 0. The summed E-state index contributed by atoms with van der Waals surface area (Å²) in [6, 6.07) is 3.83. The highest BCUT2D eigenvalue weighted by atomic mass is 16.3. The molecule has 0 unspecified atom stereocenters. The zero-order valence-electron chi connectivity index (χ0n) is 12.9. The van der Waals surface area contributed by atoms with Crippen LogP contribution in [0.25, 0.3) is 11.1 Å². The normalized spacial score (nSPS) is 15.6. The lowest BCUT2D eigenvalue weighted by Gasteiger charge is -2.26. The van der Waals surface area contributed by atoms with Gasteiger partial charge in [0.1, 0.15) is 5.69 Å². The van der Waals surface area contributed by atoms with Gasteiger partial charge in [0.25, 0.3) is 5.91 Å². The van der Waals surface area contributed by atoms with E-state index in [4.69, 9.17) is 4.42 Å². The van der Waals surface area contributed by atoms with E-state index in [1.54, 1.807) is 6.26 Å². The molecule has 1 saturated carbocycles. The lowest BCUT2D eigenvalue weighted by Crippen LogP contribution is -2.29. The van der Waals surface area contributed by atoms with Gasteiger partial charge in [-0.2, -0.15) is 0 Å². The molecule has 0 aliphatic heterocycles. The van der Waals surface area contributed by atoms with Gasteiger partial charge in [0, 0.05) is 25.2 Å². The summed E-state index contributed by atoms with van der Waals surface area (Å²) in [7, 11) is 0. The minimum absolute atomic E-state index is 0.0152. The van der Waals surface area contributed by atoms with Crippen LogP contribution in [0.3, 0.4) is 0 Å². The number of carbonyl (C=O) groups is 1. The van der Waals surface area contributed by atoms with Crippen molar-refractivity contribution in [2.24, 2.45) is 11.8 Å². The first-order valence-electron chi connectivity index (χ1n) is 8.00. The van der Waals surface area contributed by atoms with Gasteiger partial charge in [0.15, 0.2) is 5.58 Å². The monoisotopic (exact) mass is 288 g/mol. The van der Waals surface area contributed by atoms with Gasteiger partial charge in [-0.15, -0.1) is 0 Å². The summed E-state index contributed by atoms with van der Waals surface area (Å²) in [5, 5.41) is 3.03. The SMILES string of the molecule is CC(C)CCNC(=O)c1cc2occc2n1CC1CCC1. The molecule has 0 atom stereocenters. The Labute approximate surface area is 125 Å². The number of nitrogens with zero attached hydrogens (tertiary/aromatic N) is 1. The third kappa shape index (κ3) is 2.99. The van der Waals surface area contributed by atoms with Crippen molar-refractivity contribution in [3.05, 3.63) is 24.1 Å². The molecule has 4 heteroatoms. The molecule has 0 aromatic carbocycles. The number of hydrogen-bond donors (Lipinski definition) is 1. The maximum Gasteiger partial charge on any atom is 0.268 e. The van der Waals surface area contributed by atoms with Crippen LogP contribution in [-0.4, -0.2) is 17.0 Å². The molecule has 2 aromatic heterocycles. The van der Waals surface area contributed by atoms with E-state index in [0.717, 1.165) is 36.3 Å². The lowest BCUT2D eigenvalue weighted by molar-refractivity contribution is 0.0940. The van der Waals surface area contributed by atoms with E-state index in [2.05, 4.69) is 23.7 Å². The molecule has 1 amide bonds. The number of hydrogen-bond acceptors (Lipinski definition) is 2.